The predicted molar refractivity (Wildman–Crippen MR) is 89.0 cm³/mol. The van der Waals surface area contributed by atoms with E-state index in [-0.39, 0.29) is 6.61 Å². The molecule has 0 saturated carbocycles. The van der Waals surface area contributed by atoms with E-state index in [1.165, 1.54) is 12.1 Å². The van der Waals surface area contributed by atoms with Gasteiger partial charge in [0, 0.05) is 35.7 Å². The molecule has 122 valence electrons. The van der Waals surface area contributed by atoms with Crippen molar-refractivity contribution in [3.63, 3.8) is 0 Å². The summed E-state index contributed by atoms with van der Waals surface area (Å²) >= 11 is 0. The molecule has 0 saturated heterocycles. The summed E-state index contributed by atoms with van der Waals surface area (Å²) in [5, 5.41) is 17.4. The lowest BCUT2D eigenvalue weighted by Gasteiger charge is -2.12. The van der Waals surface area contributed by atoms with Crippen LogP contribution >= 0.6 is 0 Å². The van der Waals surface area contributed by atoms with Gasteiger partial charge in [0.25, 0.3) is 0 Å². The number of urea groups is 1. The van der Waals surface area contributed by atoms with Crippen molar-refractivity contribution in [2.45, 2.75) is 6.61 Å². The summed E-state index contributed by atoms with van der Waals surface area (Å²) in [7, 11) is 0. The highest BCUT2D eigenvalue weighted by Crippen LogP contribution is 2.19. The predicted octanol–water partition coefficient (Wildman–Crippen LogP) is 2.33. The smallest absolute Gasteiger partial charge is 0.323 e. The molecule has 2 aromatic rings. The molecular formula is C16H19FN4O2. The molecule has 2 amide bonds. The van der Waals surface area contributed by atoms with Crippen molar-refractivity contribution in [3.8, 4) is 0 Å². The average Bonchev–Trinajstić information content (AvgIpc) is 2.52. The zero-order valence-corrected chi connectivity index (χ0v) is 12.5. The van der Waals surface area contributed by atoms with Crippen molar-refractivity contribution < 1.29 is 14.3 Å². The molecule has 7 heteroatoms. The van der Waals surface area contributed by atoms with E-state index in [9.17, 15) is 14.3 Å². The number of benzene rings is 2. The third kappa shape index (κ3) is 4.94. The Morgan fingerprint density at radius 1 is 1.13 bits per heavy atom. The van der Waals surface area contributed by atoms with E-state index >= 15 is 0 Å². The van der Waals surface area contributed by atoms with Crippen LogP contribution in [0.2, 0.25) is 0 Å². The largest absolute Gasteiger partial charge is 0.392 e. The van der Waals surface area contributed by atoms with Crippen molar-refractivity contribution in [2.24, 2.45) is 5.73 Å². The standard InChI is InChI=1S/C16H19FN4O2/c17-12-7-13(19-6-5-18)9-14(8-12)20-16(23)21-15-4-2-1-3-11(15)10-22/h1-4,7-9,19,22H,5-6,10,18H2,(H2,20,21,23). The van der Waals surface area contributed by atoms with E-state index in [0.717, 1.165) is 0 Å². The summed E-state index contributed by atoms with van der Waals surface area (Å²) in [4.78, 5) is 12.0. The highest BCUT2D eigenvalue weighted by molar-refractivity contribution is 6.00. The lowest BCUT2D eigenvalue weighted by atomic mass is 10.2. The Balaban J connectivity index is 2.06. The first kappa shape index (κ1) is 16.7. The zero-order chi connectivity index (χ0) is 16.7. The molecule has 2 aromatic carbocycles. The van der Waals surface area contributed by atoms with Crippen LogP contribution in [0.4, 0.5) is 26.2 Å². The number of nitrogens with one attached hydrogen (secondary N) is 3. The lowest BCUT2D eigenvalue weighted by Crippen LogP contribution is -2.20. The number of anilines is 3. The molecule has 6 N–H and O–H groups in total. The summed E-state index contributed by atoms with van der Waals surface area (Å²) < 4.78 is 13.6. The summed E-state index contributed by atoms with van der Waals surface area (Å²) in [6.07, 6.45) is 0. The maximum atomic E-state index is 13.6. The molecule has 2 rings (SSSR count). The fraction of sp³-hybridized carbons (Fsp3) is 0.188. The molecule has 6 nitrogen and oxygen atoms in total. The molecule has 0 spiro atoms. The Bertz CT molecular complexity index is 679. The second-order valence-corrected chi connectivity index (χ2v) is 4.84. The van der Waals surface area contributed by atoms with Crippen molar-refractivity contribution >= 4 is 23.1 Å². The van der Waals surface area contributed by atoms with Gasteiger partial charge in [-0.1, -0.05) is 18.2 Å². The molecule has 0 aromatic heterocycles. The summed E-state index contributed by atoms with van der Waals surface area (Å²) in [6.45, 7) is 0.722. The van der Waals surface area contributed by atoms with Crippen LogP contribution in [-0.4, -0.2) is 24.2 Å². The third-order valence-electron chi connectivity index (χ3n) is 3.07. The second kappa shape index (κ2) is 8.11. The molecule has 0 heterocycles. The van der Waals surface area contributed by atoms with Crippen molar-refractivity contribution in [3.05, 3.63) is 53.8 Å². The average molecular weight is 318 g/mol. The first-order chi connectivity index (χ1) is 11.1. The number of hydrogen-bond donors (Lipinski definition) is 5. The highest BCUT2D eigenvalue weighted by atomic mass is 19.1. The van der Waals surface area contributed by atoms with Crippen LogP contribution in [0.3, 0.4) is 0 Å². The summed E-state index contributed by atoms with van der Waals surface area (Å²) in [5.74, 6) is -0.474. The quantitative estimate of drug-likeness (QED) is 0.564. The summed E-state index contributed by atoms with van der Waals surface area (Å²) in [6, 6.07) is 10.5. The van der Waals surface area contributed by atoms with E-state index in [1.54, 1.807) is 30.3 Å². The third-order valence-corrected chi connectivity index (χ3v) is 3.07. The van der Waals surface area contributed by atoms with Gasteiger partial charge in [0.05, 0.1) is 6.61 Å². The number of nitrogens with two attached hydrogens (primary N) is 1. The van der Waals surface area contributed by atoms with Gasteiger partial charge >= 0.3 is 6.03 Å². The number of amides is 2. The van der Waals surface area contributed by atoms with Crippen LogP contribution in [0.1, 0.15) is 5.56 Å². The first-order valence-corrected chi connectivity index (χ1v) is 7.13. The van der Waals surface area contributed by atoms with Gasteiger partial charge in [0.15, 0.2) is 0 Å². The molecule has 0 bridgehead atoms. The Labute approximate surface area is 133 Å². The van der Waals surface area contributed by atoms with Gasteiger partial charge in [-0.15, -0.1) is 0 Å². The number of hydrogen-bond acceptors (Lipinski definition) is 4. The SMILES string of the molecule is NCCNc1cc(F)cc(NC(=O)Nc2ccccc2CO)c1. The fourth-order valence-electron chi connectivity index (χ4n) is 2.05. The molecule has 0 aliphatic heterocycles. The van der Waals surface area contributed by atoms with E-state index in [1.807, 2.05) is 0 Å². The van der Waals surface area contributed by atoms with Gasteiger partial charge in [-0.25, -0.2) is 9.18 Å². The number of carbonyl (C=O) groups excluding carboxylic acids is 1. The van der Waals surface area contributed by atoms with Crippen LogP contribution in [0.5, 0.6) is 0 Å². The summed E-state index contributed by atoms with van der Waals surface area (Å²) in [5.41, 5.74) is 7.31. The van der Waals surface area contributed by atoms with E-state index in [0.29, 0.717) is 35.7 Å². The first-order valence-electron chi connectivity index (χ1n) is 7.13. The number of rotatable bonds is 6. The van der Waals surface area contributed by atoms with Gasteiger partial charge < -0.3 is 26.8 Å². The number of aliphatic hydroxyl groups is 1. The maximum absolute atomic E-state index is 13.6. The molecular weight excluding hydrogens is 299 g/mol. The van der Waals surface area contributed by atoms with Gasteiger partial charge in [-0.05, 0) is 24.3 Å². The van der Waals surface area contributed by atoms with E-state index in [2.05, 4.69) is 16.0 Å². The number of carbonyl (C=O) groups is 1. The normalized spacial score (nSPS) is 10.2. The molecule has 0 unspecified atom stereocenters. The Kier molecular flexibility index (Phi) is 5.90. The Morgan fingerprint density at radius 2 is 1.87 bits per heavy atom. The number of aliphatic hydroxyl groups excluding tert-OH is 1. The minimum Gasteiger partial charge on any atom is -0.392 e. The van der Waals surface area contributed by atoms with E-state index in [4.69, 9.17) is 5.73 Å². The van der Waals surface area contributed by atoms with Crippen LogP contribution in [0.15, 0.2) is 42.5 Å². The van der Waals surface area contributed by atoms with Crippen molar-refractivity contribution in [1.29, 1.82) is 0 Å². The maximum Gasteiger partial charge on any atom is 0.323 e. The topological polar surface area (TPSA) is 99.4 Å². The molecule has 0 atom stereocenters. The van der Waals surface area contributed by atoms with Crippen LogP contribution in [0, 0.1) is 5.82 Å². The van der Waals surface area contributed by atoms with Gasteiger partial charge in [-0.2, -0.15) is 0 Å². The highest BCUT2D eigenvalue weighted by Gasteiger charge is 2.08. The van der Waals surface area contributed by atoms with Crippen LogP contribution in [-0.2, 0) is 6.61 Å². The zero-order valence-electron chi connectivity index (χ0n) is 12.5. The fourth-order valence-corrected chi connectivity index (χ4v) is 2.05. The molecule has 0 aliphatic rings. The monoisotopic (exact) mass is 318 g/mol. The molecule has 0 fully saturated rings. The lowest BCUT2D eigenvalue weighted by molar-refractivity contribution is 0.262. The molecule has 0 radical (unpaired) electrons. The van der Waals surface area contributed by atoms with Crippen molar-refractivity contribution in [1.82, 2.24) is 0 Å². The number of halogens is 1. The minimum absolute atomic E-state index is 0.191. The molecule has 23 heavy (non-hydrogen) atoms. The Morgan fingerprint density at radius 3 is 2.61 bits per heavy atom. The van der Waals surface area contributed by atoms with Gasteiger partial charge in [-0.3, -0.25) is 0 Å². The van der Waals surface area contributed by atoms with Crippen LogP contribution < -0.4 is 21.7 Å². The van der Waals surface area contributed by atoms with E-state index < -0.39 is 11.8 Å². The van der Waals surface area contributed by atoms with Gasteiger partial charge in [0.1, 0.15) is 5.82 Å². The second-order valence-electron chi connectivity index (χ2n) is 4.84. The van der Waals surface area contributed by atoms with Crippen LogP contribution in [0.25, 0.3) is 0 Å². The molecule has 0 aliphatic carbocycles. The van der Waals surface area contributed by atoms with Gasteiger partial charge in [0.2, 0.25) is 0 Å². The van der Waals surface area contributed by atoms with Crippen molar-refractivity contribution in [2.75, 3.05) is 29.0 Å². The minimum atomic E-state index is -0.527. The number of para-hydroxylation sites is 1. The Hall–Kier alpha value is -2.64.